The van der Waals surface area contributed by atoms with Crippen LogP contribution in [0.5, 0.6) is 11.5 Å². The highest BCUT2D eigenvalue weighted by Gasteiger charge is 2.42. The van der Waals surface area contributed by atoms with Crippen molar-refractivity contribution in [2.24, 2.45) is 0 Å². The summed E-state index contributed by atoms with van der Waals surface area (Å²) in [6, 6.07) is 11.8. The Balaban J connectivity index is 1.86. The number of ether oxygens (including phenoxy) is 3. The Morgan fingerprint density at radius 2 is 1.92 bits per heavy atom. The number of methoxy groups -OCH3 is 1. The third-order valence-corrected chi connectivity index (χ3v) is 7.42. The number of thiocarbonyl (C=S) groups is 1. The van der Waals surface area contributed by atoms with Crippen LogP contribution >= 0.6 is 39.9 Å². The molecule has 2 aromatic carbocycles. The van der Waals surface area contributed by atoms with E-state index in [0.29, 0.717) is 32.9 Å². The predicted molar refractivity (Wildman–Crippen MR) is 151 cm³/mol. The van der Waals surface area contributed by atoms with E-state index in [4.69, 9.17) is 26.4 Å². The van der Waals surface area contributed by atoms with Crippen molar-refractivity contribution in [3.05, 3.63) is 63.0 Å². The zero-order valence-electron chi connectivity index (χ0n) is 20.6. The van der Waals surface area contributed by atoms with Gasteiger partial charge in [0.05, 0.1) is 29.7 Å². The molecule has 9 heteroatoms. The van der Waals surface area contributed by atoms with E-state index in [0.717, 1.165) is 34.6 Å². The van der Waals surface area contributed by atoms with E-state index in [2.05, 4.69) is 22.9 Å². The Morgan fingerprint density at radius 1 is 1.17 bits per heavy atom. The normalized spacial score (nSPS) is 15.3. The minimum Gasteiger partial charge on any atom is -0.493 e. The standard InChI is InChI=1S/C27H30BrNO5S2/c1-4-6-7-11-14-34-24-20(28)15-18(16-21(24)32-3)17-22-25(30)29(27(35)36-22)23(26(31)33-5-2)19-12-9-8-10-13-19/h8-10,12-13,15-17,23H,4-7,11,14H2,1-3H3/b22-17-. The minimum atomic E-state index is -0.950. The number of esters is 1. The second-order valence-corrected chi connectivity index (χ2v) is 10.6. The maximum absolute atomic E-state index is 13.5. The molecule has 1 heterocycles. The average Bonchev–Trinajstić information content (AvgIpc) is 3.13. The minimum absolute atomic E-state index is 0.202. The van der Waals surface area contributed by atoms with Crippen molar-refractivity contribution in [3.63, 3.8) is 0 Å². The van der Waals surface area contributed by atoms with Gasteiger partial charge in [-0.3, -0.25) is 9.69 Å². The molecular weight excluding hydrogens is 562 g/mol. The van der Waals surface area contributed by atoms with Crippen LogP contribution in [0.3, 0.4) is 0 Å². The maximum atomic E-state index is 13.5. The van der Waals surface area contributed by atoms with E-state index < -0.39 is 12.0 Å². The summed E-state index contributed by atoms with van der Waals surface area (Å²) in [6.07, 6.45) is 6.17. The molecule has 3 rings (SSSR count). The molecule has 0 aromatic heterocycles. The Hall–Kier alpha value is -2.36. The lowest BCUT2D eigenvalue weighted by molar-refractivity contribution is -0.151. The smallest absolute Gasteiger partial charge is 0.333 e. The Bertz CT molecular complexity index is 1120. The van der Waals surface area contributed by atoms with Crippen LogP contribution in [0.15, 0.2) is 51.8 Å². The first kappa shape index (κ1) is 28.2. The fraction of sp³-hybridized carbons (Fsp3) is 0.370. The van der Waals surface area contributed by atoms with Crippen LogP contribution in [-0.4, -0.2) is 41.4 Å². The van der Waals surface area contributed by atoms with Gasteiger partial charge in [-0.2, -0.15) is 0 Å². The molecular formula is C27H30BrNO5S2. The van der Waals surface area contributed by atoms with Gasteiger partial charge in [-0.05, 0) is 58.6 Å². The highest BCUT2D eigenvalue weighted by molar-refractivity contribution is 9.10. The zero-order chi connectivity index (χ0) is 26.1. The van der Waals surface area contributed by atoms with Gasteiger partial charge in [-0.15, -0.1) is 0 Å². The third-order valence-electron chi connectivity index (χ3n) is 5.50. The number of hydrogen-bond donors (Lipinski definition) is 0. The maximum Gasteiger partial charge on any atom is 0.333 e. The van der Waals surface area contributed by atoms with E-state index in [1.165, 1.54) is 17.7 Å². The molecule has 192 valence electrons. The molecule has 6 nitrogen and oxygen atoms in total. The van der Waals surface area contributed by atoms with Crippen molar-refractivity contribution in [3.8, 4) is 11.5 Å². The number of hydrogen-bond acceptors (Lipinski definition) is 7. The summed E-state index contributed by atoms with van der Waals surface area (Å²) in [5.41, 5.74) is 1.38. The molecule has 0 bridgehead atoms. The van der Waals surface area contributed by atoms with Crippen molar-refractivity contribution < 1.29 is 23.8 Å². The number of carbonyl (C=O) groups excluding carboxylic acids is 2. The van der Waals surface area contributed by atoms with Crippen LogP contribution < -0.4 is 9.47 Å². The lowest BCUT2D eigenvalue weighted by atomic mass is 10.1. The number of amides is 1. The summed E-state index contributed by atoms with van der Waals surface area (Å²) in [5.74, 6) is 0.324. The Labute approximate surface area is 230 Å². The molecule has 36 heavy (non-hydrogen) atoms. The number of carbonyl (C=O) groups is 2. The van der Waals surface area contributed by atoms with E-state index in [1.807, 2.05) is 30.3 Å². The van der Waals surface area contributed by atoms with E-state index in [1.54, 1.807) is 32.2 Å². The first-order valence-corrected chi connectivity index (χ1v) is 13.9. The Morgan fingerprint density at radius 3 is 2.58 bits per heavy atom. The lowest BCUT2D eigenvalue weighted by Crippen LogP contribution is -2.38. The SMILES string of the molecule is CCCCCCOc1c(Br)cc(/C=C2\SC(=S)N(C(C(=O)OCC)c3ccccc3)C2=O)cc1OC. The molecule has 0 spiro atoms. The molecule has 1 aliphatic heterocycles. The molecule has 1 aliphatic rings. The van der Waals surface area contributed by atoms with Crippen LogP contribution in [0.2, 0.25) is 0 Å². The molecule has 1 unspecified atom stereocenters. The van der Waals surface area contributed by atoms with Gasteiger partial charge >= 0.3 is 5.97 Å². The molecule has 0 saturated carbocycles. The summed E-state index contributed by atoms with van der Waals surface area (Å²) in [5, 5.41) is 0. The second kappa shape index (κ2) is 13.8. The van der Waals surface area contributed by atoms with Gasteiger partial charge in [0.1, 0.15) is 4.32 Å². The number of benzene rings is 2. The van der Waals surface area contributed by atoms with Crippen molar-refractivity contribution in [1.82, 2.24) is 4.90 Å². The van der Waals surface area contributed by atoms with Gasteiger partial charge in [0, 0.05) is 0 Å². The number of thioether (sulfide) groups is 1. The number of nitrogens with zero attached hydrogens (tertiary/aromatic N) is 1. The molecule has 1 atom stereocenters. The highest BCUT2D eigenvalue weighted by Crippen LogP contribution is 2.41. The van der Waals surface area contributed by atoms with Crippen LogP contribution in [-0.2, 0) is 14.3 Å². The lowest BCUT2D eigenvalue weighted by Gasteiger charge is -2.25. The van der Waals surface area contributed by atoms with Gasteiger partial charge in [-0.25, -0.2) is 4.79 Å². The van der Waals surface area contributed by atoms with Crippen molar-refractivity contribution in [1.29, 1.82) is 0 Å². The van der Waals surface area contributed by atoms with Crippen LogP contribution in [0.25, 0.3) is 6.08 Å². The summed E-state index contributed by atoms with van der Waals surface area (Å²) in [4.78, 5) is 28.0. The molecule has 0 aliphatic carbocycles. The molecule has 1 fully saturated rings. The first-order valence-electron chi connectivity index (χ1n) is 11.9. The van der Waals surface area contributed by atoms with Crippen LogP contribution in [0.4, 0.5) is 0 Å². The summed E-state index contributed by atoms with van der Waals surface area (Å²) in [7, 11) is 1.58. The second-order valence-electron chi connectivity index (χ2n) is 8.06. The quantitative estimate of drug-likeness (QED) is 0.115. The highest BCUT2D eigenvalue weighted by atomic mass is 79.9. The van der Waals surface area contributed by atoms with Crippen molar-refractivity contribution >= 4 is 62.2 Å². The van der Waals surface area contributed by atoms with Crippen LogP contribution in [0, 0.1) is 0 Å². The number of unbranched alkanes of at least 4 members (excludes halogenated alkanes) is 3. The molecule has 0 radical (unpaired) electrons. The van der Waals surface area contributed by atoms with E-state index >= 15 is 0 Å². The predicted octanol–water partition coefficient (Wildman–Crippen LogP) is 6.92. The zero-order valence-corrected chi connectivity index (χ0v) is 23.8. The monoisotopic (exact) mass is 591 g/mol. The number of halogens is 1. The van der Waals surface area contributed by atoms with E-state index in [9.17, 15) is 9.59 Å². The topological polar surface area (TPSA) is 65.1 Å². The average molecular weight is 593 g/mol. The fourth-order valence-corrected chi connectivity index (χ4v) is 5.65. The summed E-state index contributed by atoms with van der Waals surface area (Å²) >= 11 is 10.3. The van der Waals surface area contributed by atoms with Gasteiger partial charge in [0.15, 0.2) is 17.5 Å². The third kappa shape index (κ3) is 6.89. The fourth-order valence-electron chi connectivity index (χ4n) is 3.77. The van der Waals surface area contributed by atoms with Gasteiger partial charge in [0.25, 0.3) is 5.91 Å². The van der Waals surface area contributed by atoms with Gasteiger partial charge in [0.2, 0.25) is 0 Å². The van der Waals surface area contributed by atoms with Crippen LogP contribution in [0.1, 0.15) is 56.7 Å². The molecule has 0 N–H and O–H groups in total. The van der Waals surface area contributed by atoms with E-state index in [-0.39, 0.29) is 12.5 Å². The van der Waals surface area contributed by atoms with Gasteiger partial charge < -0.3 is 14.2 Å². The molecule has 1 saturated heterocycles. The summed E-state index contributed by atoms with van der Waals surface area (Å²) in [6.45, 7) is 4.70. The molecule has 1 amide bonds. The van der Waals surface area contributed by atoms with Gasteiger partial charge in [-0.1, -0.05) is 80.5 Å². The number of rotatable bonds is 12. The largest absolute Gasteiger partial charge is 0.493 e. The summed E-state index contributed by atoms with van der Waals surface area (Å²) < 4.78 is 17.8. The Kier molecular flexibility index (Phi) is 10.8. The van der Waals surface area contributed by atoms with Crippen molar-refractivity contribution in [2.45, 2.75) is 45.6 Å². The molecule has 2 aromatic rings. The first-order chi connectivity index (χ1) is 17.4. The van der Waals surface area contributed by atoms with Crippen molar-refractivity contribution in [2.75, 3.05) is 20.3 Å².